The van der Waals surface area contributed by atoms with Gasteiger partial charge in [0.1, 0.15) is 5.82 Å². The Bertz CT molecular complexity index is 1140. The van der Waals surface area contributed by atoms with Crippen LogP contribution in [0.25, 0.3) is 0 Å². The maximum atomic E-state index is 14.4. The molecule has 31 heavy (non-hydrogen) atoms. The van der Waals surface area contributed by atoms with E-state index >= 15 is 0 Å². The SMILES string of the molecule is CC1(C)Cc2c(cnn2Cc2ccccc2)[C@@H](NC(=O)c2ccc(C(N)=O)cc2F)C1. The average Bonchev–Trinajstić information content (AvgIpc) is 3.10. The van der Waals surface area contributed by atoms with Crippen molar-refractivity contribution in [2.45, 2.75) is 39.3 Å². The predicted molar refractivity (Wildman–Crippen MR) is 115 cm³/mol. The van der Waals surface area contributed by atoms with Crippen molar-refractivity contribution in [2.24, 2.45) is 11.1 Å². The Balaban J connectivity index is 1.60. The van der Waals surface area contributed by atoms with Crippen molar-refractivity contribution in [3.05, 3.63) is 88.5 Å². The van der Waals surface area contributed by atoms with E-state index in [0.717, 1.165) is 29.3 Å². The number of nitrogens with one attached hydrogen (secondary N) is 1. The van der Waals surface area contributed by atoms with E-state index in [4.69, 9.17) is 5.73 Å². The molecule has 0 spiro atoms. The Labute approximate surface area is 180 Å². The molecule has 6 nitrogen and oxygen atoms in total. The second-order valence-corrected chi connectivity index (χ2v) is 8.82. The van der Waals surface area contributed by atoms with E-state index in [1.54, 1.807) is 6.20 Å². The number of nitrogens with zero attached hydrogens (tertiary/aromatic N) is 2. The third kappa shape index (κ3) is 4.35. The number of carbonyl (C=O) groups is 2. The molecule has 0 saturated carbocycles. The zero-order valence-corrected chi connectivity index (χ0v) is 17.6. The molecule has 1 aliphatic rings. The van der Waals surface area contributed by atoms with E-state index in [1.807, 2.05) is 22.9 Å². The maximum Gasteiger partial charge on any atom is 0.254 e. The van der Waals surface area contributed by atoms with Gasteiger partial charge in [-0.2, -0.15) is 5.10 Å². The lowest BCUT2D eigenvalue weighted by Gasteiger charge is -2.36. The summed E-state index contributed by atoms with van der Waals surface area (Å²) in [5, 5.41) is 7.54. The molecule has 3 N–H and O–H groups in total. The molecule has 0 bridgehead atoms. The molecule has 1 heterocycles. The fourth-order valence-electron chi connectivity index (χ4n) is 4.21. The molecule has 160 valence electrons. The van der Waals surface area contributed by atoms with Crippen molar-refractivity contribution in [1.29, 1.82) is 0 Å². The standard InChI is InChI=1S/C24H25FN4O2/c1-24(2)11-20(28-23(31)17-9-8-16(22(26)30)10-19(17)25)18-13-27-29(21(18)12-24)14-15-6-4-3-5-7-15/h3-10,13,20H,11-12,14H2,1-2H3,(H2,26,30)(H,28,31)/t20-/m0/s1. The zero-order chi connectivity index (χ0) is 22.2. The van der Waals surface area contributed by atoms with Crippen LogP contribution in [0.1, 0.15) is 63.8 Å². The Morgan fingerprint density at radius 1 is 1.23 bits per heavy atom. The van der Waals surface area contributed by atoms with Gasteiger partial charge in [-0.1, -0.05) is 44.2 Å². The quantitative estimate of drug-likeness (QED) is 0.661. The number of carbonyl (C=O) groups excluding carboxylic acids is 2. The van der Waals surface area contributed by atoms with E-state index in [9.17, 15) is 14.0 Å². The fraction of sp³-hybridized carbons (Fsp3) is 0.292. The van der Waals surface area contributed by atoms with E-state index in [0.29, 0.717) is 13.0 Å². The van der Waals surface area contributed by atoms with Gasteiger partial charge < -0.3 is 11.1 Å². The van der Waals surface area contributed by atoms with Crippen LogP contribution in [0.2, 0.25) is 0 Å². The first-order chi connectivity index (χ1) is 14.7. The minimum absolute atomic E-state index is 0.0253. The van der Waals surface area contributed by atoms with Gasteiger partial charge in [0.25, 0.3) is 5.91 Å². The molecule has 1 aromatic heterocycles. The molecular formula is C24H25FN4O2. The van der Waals surface area contributed by atoms with Crippen LogP contribution < -0.4 is 11.1 Å². The van der Waals surface area contributed by atoms with Gasteiger partial charge in [-0.05, 0) is 42.0 Å². The lowest BCUT2D eigenvalue weighted by atomic mass is 9.74. The minimum atomic E-state index is -0.774. The summed E-state index contributed by atoms with van der Waals surface area (Å²) >= 11 is 0. The fourth-order valence-corrected chi connectivity index (χ4v) is 4.21. The summed E-state index contributed by atoms with van der Waals surface area (Å²) < 4.78 is 16.4. The summed E-state index contributed by atoms with van der Waals surface area (Å²) in [4.78, 5) is 24.1. The Kier molecular flexibility index (Phi) is 5.35. The van der Waals surface area contributed by atoms with Gasteiger partial charge in [-0.25, -0.2) is 4.39 Å². The van der Waals surface area contributed by atoms with Crippen LogP contribution in [0.5, 0.6) is 0 Å². The second-order valence-electron chi connectivity index (χ2n) is 8.82. The van der Waals surface area contributed by atoms with Crippen LogP contribution >= 0.6 is 0 Å². The first kappa shape index (κ1) is 20.8. The molecule has 0 fully saturated rings. The molecule has 3 aromatic rings. The highest BCUT2D eigenvalue weighted by molar-refractivity contribution is 5.97. The minimum Gasteiger partial charge on any atom is -0.366 e. The molecule has 7 heteroatoms. The van der Waals surface area contributed by atoms with Crippen molar-refractivity contribution in [3.8, 4) is 0 Å². The van der Waals surface area contributed by atoms with Gasteiger partial charge in [0.15, 0.2) is 0 Å². The van der Waals surface area contributed by atoms with Crippen molar-refractivity contribution in [3.63, 3.8) is 0 Å². The van der Waals surface area contributed by atoms with Gasteiger partial charge >= 0.3 is 0 Å². The summed E-state index contributed by atoms with van der Waals surface area (Å²) in [5.41, 5.74) is 8.21. The number of fused-ring (bicyclic) bond motifs is 1. The van der Waals surface area contributed by atoms with Crippen molar-refractivity contribution in [2.75, 3.05) is 0 Å². The van der Waals surface area contributed by atoms with E-state index in [1.165, 1.54) is 12.1 Å². The normalized spacial score (nSPS) is 17.1. The number of primary amides is 1. The number of hydrogen-bond donors (Lipinski definition) is 2. The largest absolute Gasteiger partial charge is 0.366 e. The van der Waals surface area contributed by atoms with Crippen LogP contribution in [0, 0.1) is 11.2 Å². The van der Waals surface area contributed by atoms with E-state index < -0.39 is 17.6 Å². The first-order valence-electron chi connectivity index (χ1n) is 10.2. The molecule has 0 unspecified atom stereocenters. The number of aromatic nitrogens is 2. The molecule has 0 aliphatic heterocycles. The van der Waals surface area contributed by atoms with Crippen molar-refractivity contribution < 1.29 is 14.0 Å². The van der Waals surface area contributed by atoms with Gasteiger partial charge in [0, 0.05) is 16.8 Å². The summed E-state index contributed by atoms with van der Waals surface area (Å²) in [6.45, 7) is 4.95. The van der Waals surface area contributed by atoms with Crippen LogP contribution in [-0.2, 0) is 13.0 Å². The van der Waals surface area contributed by atoms with Gasteiger partial charge in [0.2, 0.25) is 5.91 Å². The van der Waals surface area contributed by atoms with Gasteiger partial charge in [0.05, 0.1) is 24.3 Å². The number of nitrogens with two attached hydrogens (primary N) is 1. The van der Waals surface area contributed by atoms with Gasteiger partial charge in [-0.3, -0.25) is 14.3 Å². The average molecular weight is 420 g/mol. The maximum absolute atomic E-state index is 14.4. The highest BCUT2D eigenvalue weighted by Gasteiger charge is 2.36. The lowest BCUT2D eigenvalue weighted by molar-refractivity contribution is 0.0912. The zero-order valence-electron chi connectivity index (χ0n) is 17.6. The Morgan fingerprint density at radius 3 is 2.65 bits per heavy atom. The topological polar surface area (TPSA) is 90.0 Å². The number of amides is 2. The van der Waals surface area contributed by atoms with Crippen LogP contribution in [0.15, 0.2) is 54.7 Å². The molecule has 1 aliphatic carbocycles. The van der Waals surface area contributed by atoms with E-state index in [2.05, 4.69) is 36.4 Å². The first-order valence-corrected chi connectivity index (χ1v) is 10.2. The Hall–Kier alpha value is -3.48. The van der Waals surface area contributed by atoms with Crippen molar-refractivity contribution in [1.82, 2.24) is 15.1 Å². The lowest BCUT2D eigenvalue weighted by Crippen LogP contribution is -2.37. The smallest absolute Gasteiger partial charge is 0.254 e. The number of hydrogen-bond acceptors (Lipinski definition) is 3. The second kappa shape index (κ2) is 7.98. The van der Waals surface area contributed by atoms with Crippen molar-refractivity contribution >= 4 is 11.8 Å². The molecule has 4 rings (SSSR count). The van der Waals surface area contributed by atoms with Crippen LogP contribution in [-0.4, -0.2) is 21.6 Å². The van der Waals surface area contributed by atoms with Crippen LogP contribution in [0.4, 0.5) is 4.39 Å². The number of rotatable bonds is 5. The predicted octanol–water partition coefficient (Wildman–Crippen LogP) is 3.61. The van der Waals surface area contributed by atoms with Crippen LogP contribution in [0.3, 0.4) is 0 Å². The summed E-state index contributed by atoms with van der Waals surface area (Å²) in [6.07, 6.45) is 3.35. The highest BCUT2D eigenvalue weighted by Crippen LogP contribution is 2.41. The third-order valence-electron chi connectivity index (χ3n) is 5.74. The number of halogens is 1. The summed E-state index contributed by atoms with van der Waals surface area (Å²) in [7, 11) is 0. The molecule has 2 aromatic carbocycles. The molecule has 1 atom stereocenters. The molecule has 0 saturated heterocycles. The third-order valence-corrected chi connectivity index (χ3v) is 5.74. The molecular weight excluding hydrogens is 395 g/mol. The Morgan fingerprint density at radius 2 is 1.97 bits per heavy atom. The highest BCUT2D eigenvalue weighted by atomic mass is 19.1. The summed E-state index contributed by atoms with van der Waals surface area (Å²) in [6, 6.07) is 13.4. The number of benzene rings is 2. The molecule has 0 radical (unpaired) electrons. The molecule has 2 amide bonds. The monoisotopic (exact) mass is 420 g/mol. The van der Waals surface area contributed by atoms with Gasteiger partial charge in [-0.15, -0.1) is 0 Å². The van der Waals surface area contributed by atoms with E-state index in [-0.39, 0.29) is 22.6 Å². The summed E-state index contributed by atoms with van der Waals surface area (Å²) in [5.74, 6) is -2.04.